The maximum atomic E-state index is 13.4. The fraction of sp³-hybridized carbons (Fsp3) is 0.632. The van der Waals surface area contributed by atoms with Crippen LogP contribution in [0, 0.1) is 5.82 Å². The van der Waals surface area contributed by atoms with Gasteiger partial charge in [0, 0.05) is 38.3 Å². The van der Waals surface area contributed by atoms with Crippen LogP contribution in [0.5, 0.6) is 0 Å². The van der Waals surface area contributed by atoms with Crippen molar-refractivity contribution in [2.45, 2.75) is 50.1 Å². The highest BCUT2D eigenvalue weighted by Gasteiger charge is 2.32. The van der Waals surface area contributed by atoms with E-state index in [4.69, 9.17) is 0 Å². The summed E-state index contributed by atoms with van der Waals surface area (Å²) in [6.45, 7) is 6.11. The predicted molar refractivity (Wildman–Crippen MR) is 101 cm³/mol. The molecular formula is C19H28FN3O3S. The Kier molecular flexibility index (Phi) is 6.18. The third kappa shape index (κ3) is 4.50. The van der Waals surface area contributed by atoms with E-state index in [1.54, 1.807) is 0 Å². The summed E-state index contributed by atoms with van der Waals surface area (Å²) < 4.78 is 40.1. The van der Waals surface area contributed by atoms with Gasteiger partial charge in [-0.3, -0.25) is 9.69 Å². The number of amides is 1. The zero-order chi connectivity index (χ0) is 19.6. The highest BCUT2D eigenvalue weighted by atomic mass is 32.2. The van der Waals surface area contributed by atoms with Gasteiger partial charge in [-0.15, -0.1) is 0 Å². The fourth-order valence-corrected chi connectivity index (χ4v) is 5.54. The van der Waals surface area contributed by atoms with E-state index in [-0.39, 0.29) is 22.9 Å². The molecule has 3 rings (SSSR count). The molecule has 0 N–H and O–H groups in total. The van der Waals surface area contributed by atoms with Crippen LogP contribution in [0.25, 0.3) is 0 Å². The first-order valence-corrected chi connectivity index (χ1v) is 11.0. The topological polar surface area (TPSA) is 60.9 Å². The summed E-state index contributed by atoms with van der Waals surface area (Å²) in [6, 6.07) is 5.60. The molecular weight excluding hydrogens is 369 g/mol. The van der Waals surface area contributed by atoms with Crippen molar-refractivity contribution in [2.75, 3.05) is 32.7 Å². The molecule has 2 saturated heterocycles. The van der Waals surface area contributed by atoms with Gasteiger partial charge < -0.3 is 4.90 Å². The van der Waals surface area contributed by atoms with E-state index in [0.717, 1.165) is 25.3 Å². The van der Waals surface area contributed by atoms with Crippen LogP contribution in [0.15, 0.2) is 29.2 Å². The number of carbonyl (C=O) groups is 1. The molecule has 150 valence electrons. The third-order valence-corrected chi connectivity index (χ3v) is 7.50. The molecule has 0 aromatic heterocycles. The lowest BCUT2D eigenvalue weighted by Gasteiger charge is -2.41. The molecule has 6 nitrogen and oxygen atoms in total. The van der Waals surface area contributed by atoms with E-state index >= 15 is 0 Å². The Balaban J connectivity index is 1.58. The zero-order valence-electron chi connectivity index (χ0n) is 16.0. The summed E-state index contributed by atoms with van der Waals surface area (Å²) in [7, 11) is -3.70. The van der Waals surface area contributed by atoms with Gasteiger partial charge in [-0.05, 0) is 51.3 Å². The van der Waals surface area contributed by atoms with Crippen molar-refractivity contribution in [3.05, 3.63) is 30.1 Å². The van der Waals surface area contributed by atoms with Gasteiger partial charge in [-0.1, -0.05) is 6.07 Å². The van der Waals surface area contributed by atoms with E-state index in [9.17, 15) is 17.6 Å². The van der Waals surface area contributed by atoms with Crippen molar-refractivity contribution in [1.82, 2.24) is 14.1 Å². The second kappa shape index (κ2) is 8.24. The molecule has 0 spiro atoms. The summed E-state index contributed by atoms with van der Waals surface area (Å²) in [5, 5.41) is 0. The minimum absolute atomic E-state index is 0.0250. The monoisotopic (exact) mass is 397 g/mol. The Labute approximate surface area is 161 Å². The number of likely N-dealkylation sites (tertiary alicyclic amines) is 1. The summed E-state index contributed by atoms with van der Waals surface area (Å²) in [5.74, 6) is -0.443. The number of rotatable bonds is 4. The molecule has 2 fully saturated rings. The van der Waals surface area contributed by atoms with Crippen molar-refractivity contribution < 1.29 is 17.6 Å². The molecule has 1 aromatic rings. The number of hydrogen-bond acceptors (Lipinski definition) is 4. The first-order valence-electron chi connectivity index (χ1n) is 9.58. The fourth-order valence-electron chi connectivity index (χ4n) is 4.09. The van der Waals surface area contributed by atoms with Gasteiger partial charge in [0.25, 0.3) is 0 Å². The standard InChI is InChI=1S/C19H28FN3O3S/c1-15-5-3-6-16(2)23(15)19(24)14-21-9-11-22(12-10-21)27(25,26)18-8-4-7-17(20)13-18/h4,7-8,13,15-16H,3,5-6,9-12,14H2,1-2H3/t15-,16-/m1/s1. The van der Waals surface area contributed by atoms with Crippen LogP contribution in [0.3, 0.4) is 0 Å². The Hall–Kier alpha value is -1.51. The van der Waals surface area contributed by atoms with Crippen LogP contribution in [-0.4, -0.2) is 73.2 Å². The average molecular weight is 398 g/mol. The molecule has 2 heterocycles. The van der Waals surface area contributed by atoms with Gasteiger partial charge >= 0.3 is 0 Å². The van der Waals surface area contributed by atoms with Gasteiger partial charge in [0.2, 0.25) is 15.9 Å². The smallest absolute Gasteiger partial charge is 0.243 e. The molecule has 2 atom stereocenters. The Morgan fingerprint density at radius 1 is 1.11 bits per heavy atom. The van der Waals surface area contributed by atoms with Gasteiger partial charge in [-0.2, -0.15) is 4.31 Å². The number of piperidine rings is 1. The van der Waals surface area contributed by atoms with Crippen molar-refractivity contribution in [3.8, 4) is 0 Å². The number of carbonyl (C=O) groups excluding carboxylic acids is 1. The molecule has 0 saturated carbocycles. The number of benzene rings is 1. The number of piperazine rings is 1. The number of nitrogens with zero attached hydrogens (tertiary/aromatic N) is 3. The first kappa shape index (κ1) is 20.2. The zero-order valence-corrected chi connectivity index (χ0v) is 16.8. The van der Waals surface area contributed by atoms with Crippen molar-refractivity contribution in [3.63, 3.8) is 0 Å². The number of hydrogen-bond donors (Lipinski definition) is 0. The molecule has 0 bridgehead atoms. The summed E-state index contributed by atoms with van der Waals surface area (Å²) in [6.07, 6.45) is 3.23. The van der Waals surface area contributed by atoms with E-state index in [0.29, 0.717) is 32.7 Å². The molecule has 0 aliphatic carbocycles. The van der Waals surface area contributed by atoms with Crippen LogP contribution >= 0.6 is 0 Å². The molecule has 1 aromatic carbocycles. The maximum absolute atomic E-state index is 13.4. The second-order valence-electron chi connectivity index (χ2n) is 7.57. The van der Waals surface area contributed by atoms with Crippen LogP contribution in [0.2, 0.25) is 0 Å². The molecule has 2 aliphatic heterocycles. The van der Waals surface area contributed by atoms with Crippen molar-refractivity contribution in [1.29, 1.82) is 0 Å². The Bertz CT molecular complexity index is 768. The predicted octanol–water partition coefficient (Wildman–Crippen LogP) is 1.92. The second-order valence-corrected chi connectivity index (χ2v) is 9.51. The van der Waals surface area contributed by atoms with Gasteiger partial charge in [0.15, 0.2) is 0 Å². The first-order chi connectivity index (χ1) is 12.8. The molecule has 0 radical (unpaired) electrons. The molecule has 1 amide bonds. The van der Waals surface area contributed by atoms with Crippen LogP contribution < -0.4 is 0 Å². The van der Waals surface area contributed by atoms with E-state index in [1.165, 1.54) is 22.5 Å². The SMILES string of the molecule is C[C@@H]1CCC[C@@H](C)N1C(=O)CN1CCN(S(=O)(=O)c2cccc(F)c2)CC1. The lowest BCUT2D eigenvalue weighted by atomic mass is 9.97. The minimum Gasteiger partial charge on any atom is -0.336 e. The maximum Gasteiger partial charge on any atom is 0.243 e. The highest BCUT2D eigenvalue weighted by Crippen LogP contribution is 2.23. The minimum atomic E-state index is -3.70. The molecule has 27 heavy (non-hydrogen) atoms. The number of halogens is 1. The average Bonchev–Trinajstić information content (AvgIpc) is 2.62. The quantitative estimate of drug-likeness (QED) is 0.779. The Morgan fingerprint density at radius 2 is 1.74 bits per heavy atom. The summed E-state index contributed by atoms with van der Waals surface area (Å²) in [5.41, 5.74) is 0. The van der Waals surface area contributed by atoms with E-state index in [2.05, 4.69) is 13.8 Å². The lowest BCUT2D eigenvalue weighted by Crippen LogP contribution is -2.54. The molecule has 2 aliphatic rings. The van der Waals surface area contributed by atoms with Crippen LogP contribution in [-0.2, 0) is 14.8 Å². The summed E-state index contributed by atoms with van der Waals surface area (Å²) in [4.78, 5) is 16.7. The highest BCUT2D eigenvalue weighted by molar-refractivity contribution is 7.89. The Morgan fingerprint density at radius 3 is 2.33 bits per heavy atom. The van der Waals surface area contributed by atoms with Crippen LogP contribution in [0.1, 0.15) is 33.1 Å². The van der Waals surface area contributed by atoms with Crippen LogP contribution in [0.4, 0.5) is 4.39 Å². The van der Waals surface area contributed by atoms with Gasteiger partial charge in [0.05, 0.1) is 11.4 Å². The van der Waals surface area contributed by atoms with E-state index in [1.807, 2.05) is 9.80 Å². The van der Waals surface area contributed by atoms with Crippen molar-refractivity contribution in [2.24, 2.45) is 0 Å². The molecule has 8 heteroatoms. The molecule has 0 unspecified atom stereocenters. The third-order valence-electron chi connectivity index (χ3n) is 5.61. The van der Waals surface area contributed by atoms with Crippen molar-refractivity contribution >= 4 is 15.9 Å². The summed E-state index contributed by atoms with van der Waals surface area (Å²) >= 11 is 0. The normalized spacial score (nSPS) is 25.5. The van der Waals surface area contributed by atoms with E-state index < -0.39 is 15.8 Å². The number of sulfonamides is 1. The van der Waals surface area contributed by atoms with Gasteiger partial charge in [0.1, 0.15) is 5.82 Å². The largest absolute Gasteiger partial charge is 0.336 e. The van der Waals surface area contributed by atoms with Gasteiger partial charge in [-0.25, -0.2) is 12.8 Å². The lowest BCUT2D eigenvalue weighted by molar-refractivity contribution is -0.138.